The Balaban J connectivity index is 2.23. The minimum absolute atomic E-state index is 0.117. The Morgan fingerprint density at radius 2 is 2.18 bits per heavy atom. The van der Waals surface area contributed by atoms with Crippen LogP contribution in [-0.4, -0.2) is 44.1 Å². The zero-order valence-corrected chi connectivity index (χ0v) is 11.0. The number of aliphatic hydroxyl groups excluding tert-OH is 1. The summed E-state index contributed by atoms with van der Waals surface area (Å²) in [4.78, 5) is 0. The molecule has 3 atom stereocenters. The maximum atomic E-state index is 9.90. The Morgan fingerprint density at radius 1 is 1.41 bits per heavy atom. The molecule has 102 valence electrons. The average Bonchev–Trinajstić information content (AvgIpc) is 2.34. The monoisotopic (exact) mass is 244 g/mol. The Morgan fingerprint density at radius 3 is 2.82 bits per heavy atom. The van der Waals surface area contributed by atoms with Gasteiger partial charge in [-0.25, -0.2) is 0 Å². The second kappa shape index (κ2) is 8.86. The Labute approximate surface area is 105 Å². The zero-order chi connectivity index (χ0) is 12.5. The highest BCUT2D eigenvalue weighted by Gasteiger charge is 2.23. The van der Waals surface area contributed by atoms with Gasteiger partial charge in [-0.05, 0) is 38.1 Å². The summed E-state index contributed by atoms with van der Waals surface area (Å²) in [6.07, 6.45) is 6.48. The first kappa shape index (κ1) is 14.9. The minimum Gasteiger partial charge on any atom is -0.393 e. The molecule has 1 fully saturated rings. The van der Waals surface area contributed by atoms with Gasteiger partial charge in [0.1, 0.15) is 0 Å². The van der Waals surface area contributed by atoms with Gasteiger partial charge in [0.2, 0.25) is 0 Å². The molecule has 1 rings (SSSR count). The topological polar surface area (TPSA) is 67.5 Å². The summed E-state index contributed by atoms with van der Waals surface area (Å²) in [5, 5.41) is 13.4. The minimum atomic E-state index is -0.117. The first-order valence-electron chi connectivity index (χ1n) is 6.88. The molecule has 17 heavy (non-hydrogen) atoms. The van der Waals surface area contributed by atoms with Crippen LogP contribution in [-0.2, 0) is 4.74 Å². The molecule has 0 bridgehead atoms. The van der Waals surface area contributed by atoms with Crippen molar-refractivity contribution in [3.05, 3.63) is 0 Å². The van der Waals surface area contributed by atoms with E-state index < -0.39 is 0 Å². The zero-order valence-electron chi connectivity index (χ0n) is 11.0. The molecule has 0 heterocycles. The van der Waals surface area contributed by atoms with Crippen molar-refractivity contribution in [2.45, 2.75) is 50.7 Å². The molecule has 1 aliphatic rings. The summed E-state index contributed by atoms with van der Waals surface area (Å²) >= 11 is 0. The van der Waals surface area contributed by atoms with Crippen molar-refractivity contribution in [1.29, 1.82) is 0 Å². The maximum absolute atomic E-state index is 9.90. The van der Waals surface area contributed by atoms with E-state index in [0.29, 0.717) is 12.0 Å². The van der Waals surface area contributed by atoms with Gasteiger partial charge in [0.15, 0.2) is 0 Å². The van der Waals surface area contributed by atoms with Crippen LogP contribution in [0.25, 0.3) is 0 Å². The predicted molar refractivity (Wildman–Crippen MR) is 69.9 cm³/mol. The normalized spacial score (nSPS) is 27.0. The van der Waals surface area contributed by atoms with Gasteiger partial charge in [-0.2, -0.15) is 0 Å². The lowest BCUT2D eigenvalue weighted by Crippen LogP contribution is -2.41. The van der Waals surface area contributed by atoms with Gasteiger partial charge in [0, 0.05) is 19.7 Å². The van der Waals surface area contributed by atoms with Crippen LogP contribution in [0.2, 0.25) is 0 Å². The van der Waals surface area contributed by atoms with Crippen LogP contribution in [0.3, 0.4) is 0 Å². The molecular weight excluding hydrogens is 216 g/mol. The van der Waals surface area contributed by atoms with Crippen LogP contribution in [0.4, 0.5) is 0 Å². The Kier molecular flexibility index (Phi) is 7.77. The third-order valence-corrected chi connectivity index (χ3v) is 3.66. The van der Waals surface area contributed by atoms with E-state index in [1.54, 1.807) is 7.11 Å². The number of nitrogens with one attached hydrogen (secondary N) is 1. The molecule has 1 aliphatic carbocycles. The van der Waals surface area contributed by atoms with Gasteiger partial charge < -0.3 is 20.9 Å². The van der Waals surface area contributed by atoms with Crippen molar-refractivity contribution >= 4 is 0 Å². The van der Waals surface area contributed by atoms with Crippen molar-refractivity contribution in [3.63, 3.8) is 0 Å². The Hall–Kier alpha value is -0.160. The van der Waals surface area contributed by atoms with Crippen LogP contribution in [0, 0.1) is 5.92 Å². The van der Waals surface area contributed by atoms with Gasteiger partial charge in [-0.3, -0.25) is 0 Å². The lowest BCUT2D eigenvalue weighted by molar-refractivity contribution is 0.0646. The van der Waals surface area contributed by atoms with Crippen molar-refractivity contribution < 1.29 is 9.84 Å². The highest BCUT2D eigenvalue weighted by Crippen LogP contribution is 2.23. The van der Waals surface area contributed by atoms with Crippen LogP contribution in [0.1, 0.15) is 38.5 Å². The smallest absolute Gasteiger partial charge is 0.0615 e. The van der Waals surface area contributed by atoms with Crippen molar-refractivity contribution in [1.82, 2.24) is 5.32 Å². The highest BCUT2D eigenvalue weighted by atomic mass is 16.5. The summed E-state index contributed by atoms with van der Waals surface area (Å²) < 4.78 is 5.20. The SMILES string of the molecule is COCC(CCCN)NCC1CCCCC1O. The number of aliphatic hydroxyl groups is 1. The van der Waals surface area contributed by atoms with Crippen molar-refractivity contribution in [3.8, 4) is 0 Å². The summed E-state index contributed by atoms with van der Waals surface area (Å²) in [5.74, 6) is 0.418. The molecule has 0 saturated heterocycles. The van der Waals surface area contributed by atoms with Crippen LogP contribution < -0.4 is 11.1 Å². The van der Waals surface area contributed by atoms with Gasteiger partial charge >= 0.3 is 0 Å². The van der Waals surface area contributed by atoms with Gasteiger partial charge in [0.05, 0.1) is 12.7 Å². The fourth-order valence-corrected chi connectivity index (χ4v) is 2.55. The standard InChI is InChI=1S/C13H28N2O2/c1-17-10-12(6-4-8-14)15-9-11-5-2-3-7-13(11)16/h11-13,15-16H,2-10,14H2,1H3. The van der Waals surface area contributed by atoms with E-state index in [0.717, 1.165) is 45.4 Å². The van der Waals surface area contributed by atoms with E-state index in [-0.39, 0.29) is 6.10 Å². The summed E-state index contributed by atoms with van der Waals surface area (Å²) in [7, 11) is 1.73. The Bertz CT molecular complexity index is 190. The molecule has 0 aromatic rings. The number of ether oxygens (including phenoxy) is 1. The van der Waals surface area contributed by atoms with Crippen LogP contribution in [0.5, 0.6) is 0 Å². The van der Waals surface area contributed by atoms with Crippen molar-refractivity contribution in [2.24, 2.45) is 11.7 Å². The molecule has 0 aliphatic heterocycles. The number of hydrogen-bond donors (Lipinski definition) is 3. The fourth-order valence-electron chi connectivity index (χ4n) is 2.55. The molecule has 4 heteroatoms. The first-order chi connectivity index (χ1) is 8.27. The third-order valence-electron chi connectivity index (χ3n) is 3.66. The fraction of sp³-hybridized carbons (Fsp3) is 1.00. The van der Waals surface area contributed by atoms with Gasteiger partial charge in [-0.15, -0.1) is 0 Å². The van der Waals surface area contributed by atoms with Gasteiger partial charge in [-0.1, -0.05) is 12.8 Å². The molecule has 0 spiro atoms. The number of nitrogens with two attached hydrogens (primary N) is 1. The molecule has 1 saturated carbocycles. The molecule has 0 radical (unpaired) electrons. The largest absolute Gasteiger partial charge is 0.393 e. The quantitative estimate of drug-likeness (QED) is 0.593. The van der Waals surface area contributed by atoms with Gasteiger partial charge in [0.25, 0.3) is 0 Å². The van der Waals surface area contributed by atoms with E-state index in [1.807, 2.05) is 0 Å². The molecular formula is C13H28N2O2. The third kappa shape index (κ3) is 5.82. The number of hydrogen-bond acceptors (Lipinski definition) is 4. The van der Waals surface area contributed by atoms with Crippen molar-refractivity contribution in [2.75, 3.05) is 26.8 Å². The molecule has 0 aromatic heterocycles. The lowest BCUT2D eigenvalue weighted by Gasteiger charge is -2.29. The van der Waals surface area contributed by atoms with E-state index in [9.17, 15) is 5.11 Å². The van der Waals surface area contributed by atoms with E-state index in [2.05, 4.69) is 5.32 Å². The maximum Gasteiger partial charge on any atom is 0.0615 e. The van der Waals surface area contributed by atoms with E-state index >= 15 is 0 Å². The molecule has 0 amide bonds. The van der Waals surface area contributed by atoms with Crippen LogP contribution >= 0.6 is 0 Å². The first-order valence-corrected chi connectivity index (χ1v) is 6.88. The lowest BCUT2D eigenvalue weighted by atomic mass is 9.86. The molecule has 4 nitrogen and oxygen atoms in total. The summed E-state index contributed by atoms with van der Waals surface area (Å²) in [6, 6.07) is 0.373. The average molecular weight is 244 g/mol. The highest BCUT2D eigenvalue weighted by molar-refractivity contribution is 4.78. The molecule has 3 unspecified atom stereocenters. The molecule has 4 N–H and O–H groups in total. The second-order valence-electron chi connectivity index (χ2n) is 5.10. The summed E-state index contributed by atoms with van der Waals surface area (Å²) in [6.45, 7) is 2.36. The summed E-state index contributed by atoms with van der Waals surface area (Å²) in [5.41, 5.74) is 5.53. The predicted octanol–water partition coefficient (Wildman–Crippen LogP) is 0.881. The van der Waals surface area contributed by atoms with E-state index in [4.69, 9.17) is 10.5 Å². The number of rotatable bonds is 8. The van der Waals surface area contributed by atoms with E-state index in [1.165, 1.54) is 12.8 Å². The second-order valence-corrected chi connectivity index (χ2v) is 5.10. The molecule has 0 aromatic carbocycles. The van der Waals surface area contributed by atoms with Crippen LogP contribution in [0.15, 0.2) is 0 Å². The number of methoxy groups -OCH3 is 1.